The van der Waals surface area contributed by atoms with Gasteiger partial charge in [0.15, 0.2) is 5.55 Å². The third kappa shape index (κ3) is 4.22. The Morgan fingerprint density at radius 1 is 1.18 bits per heavy atom. The highest BCUT2D eigenvalue weighted by Gasteiger charge is 1.97. The monoisotopic (exact) mass is 296 g/mol. The summed E-state index contributed by atoms with van der Waals surface area (Å²) in [7, 11) is 0. The first-order valence-electron chi connectivity index (χ1n) is 3.07. The standard InChI is InChI=1S/C7H7Br2OP/c8-11(9)10-6-7-4-2-1-3-5-7/h1-5H,6H2. The van der Waals surface area contributed by atoms with Gasteiger partial charge in [-0.3, -0.25) is 0 Å². The molecule has 0 aliphatic rings. The fourth-order valence-corrected chi connectivity index (χ4v) is 1.56. The van der Waals surface area contributed by atoms with Crippen LogP contribution in [0.4, 0.5) is 0 Å². The van der Waals surface area contributed by atoms with Crippen LogP contribution >= 0.6 is 36.5 Å². The van der Waals surface area contributed by atoms with Crippen LogP contribution in [0.15, 0.2) is 30.3 Å². The van der Waals surface area contributed by atoms with Crippen molar-refractivity contribution in [2.24, 2.45) is 0 Å². The molecule has 0 unspecified atom stereocenters. The van der Waals surface area contributed by atoms with Crippen molar-refractivity contribution in [3.63, 3.8) is 0 Å². The number of hydrogen-bond donors (Lipinski definition) is 0. The molecule has 0 saturated heterocycles. The molecule has 0 saturated carbocycles. The minimum atomic E-state index is -0.599. The van der Waals surface area contributed by atoms with E-state index in [2.05, 4.69) is 31.0 Å². The van der Waals surface area contributed by atoms with E-state index in [1.165, 1.54) is 5.56 Å². The smallest absolute Gasteiger partial charge is 0.171 e. The van der Waals surface area contributed by atoms with Crippen molar-refractivity contribution < 1.29 is 4.52 Å². The molecule has 0 N–H and O–H groups in total. The molecule has 0 amide bonds. The zero-order chi connectivity index (χ0) is 8.10. The summed E-state index contributed by atoms with van der Waals surface area (Å²) in [5, 5.41) is 0. The van der Waals surface area contributed by atoms with Crippen molar-refractivity contribution in [3.8, 4) is 0 Å². The summed E-state index contributed by atoms with van der Waals surface area (Å²) in [5.41, 5.74) is 0.594. The van der Waals surface area contributed by atoms with Gasteiger partial charge in [-0.1, -0.05) is 30.3 Å². The molecular formula is C7H7Br2OP. The van der Waals surface area contributed by atoms with Crippen LogP contribution in [0.1, 0.15) is 5.56 Å². The molecule has 0 aliphatic heterocycles. The van der Waals surface area contributed by atoms with Gasteiger partial charge in [0, 0.05) is 0 Å². The third-order valence-electron chi connectivity index (χ3n) is 1.17. The van der Waals surface area contributed by atoms with Gasteiger partial charge in [0.05, 0.1) is 6.61 Å². The molecule has 0 aliphatic carbocycles. The van der Waals surface area contributed by atoms with E-state index in [-0.39, 0.29) is 0 Å². The molecule has 0 spiro atoms. The first-order chi connectivity index (χ1) is 5.29. The average molecular weight is 298 g/mol. The highest BCUT2D eigenvalue weighted by molar-refractivity contribution is 9.68. The third-order valence-corrected chi connectivity index (χ3v) is 2.72. The predicted octanol–water partition coefficient (Wildman–Crippen LogP) is 4.22. The molecule has 0 aromatic heterocycles. The van der Waals surface area contributed by atoms with Crippen molar-refractivity contribution in [1.29, 1.82) is 0 Å². The van der Waals surface area contributed by atoms with E-state index in [1.54, 1.807) is 0 Å². The minimum Gasteiger partial charge on any atom is -0.334 e. The van der Waals surface area contributed by atoms with Gasteiger partial charge in [-0.15, -0.1) is 0 Å². The van der Waals surface area contributed by atoms with Crippen LogP contribution in [0.25, 0.3) is 0 Å². The highest BCUT2D eigenvalue weighted by Crippen LogP contribution is 2.53. The van der Waals surface area contributed by atoms with Crippen LogP contribution in [-0.4, -0.2) is 0 Å². The van der Waals surface area contributed by atoms with E-state index in [4.69, 9.17) is 4.52 Å². The van der Waals surface area contributed by atoms with Gasteiger partial charge >= 0.3 is 0 Å². The van der Waals surface area contributed by atoms with Gasteiger partial charge in [0.2, 0.25) is 0 Å². The summed E-state index contributed by atoms with van der Waals surface area (Å²) in [6.45, 7) is 0.656. The predicted molar refractivity (Wildman–Crippen MR) is 56.0 cm³/mol. The zero-order valence-electron chi connectivity index (χ0n) is 5.71. The topological polar surface area (TPSA) is 9.23 Å². The zero-order valence-corrected chi connectivity index (χ0v) is 9.77. The van der Waals surface area contributed by atoms with Crippen LogP contribution in [0.5, 0.6) is 0 Å². The van der Waals surface area contributed by atoms with Gasteiger partial charge in [-0.2, -0.15) is 0 Å². The Labute approximate surface area is 83.5 Å². The molecule has 11 heavy (non-hydrogen) atoms. The Morgan fingerprint density at radius 3 is 2.36 bits per heavy atom. The number of benzene rings is 1. The van der Waals surface area contributed by atoms with Crippen molar-refractivity contribution in [3.05, 3.63) is 35.9 Å². The largest absolute Gasteiger partial charge is 0.334 e. The molecule has 0 fully saturated rings. The van der Waals surface area contributed by atoms with Crippen LogP contribution in [0.3, 0.4) is 0 Å². The normalized spacial score (nSPS) is 10.5. The van der Waals surface area contributed by atoms with Crippen molar-refractivity contribution in [2.45, 2.75) is 6.61 Å². The Kier molecular flexibility index (Phi) is 4.61. The second-order valence-electron chi connectivity index (χ2n) is 1.96. The first kappa shape index (κ1) is 9.66. The van der Waals surface area contributed by atoms with Crippen molar-refractivity contribution in [1.82, 2.24) is 0 Å². The molecule has 1 aromatic rings. The lowest BCUT2D eigenvalue weighted by molar-refractivity contribution is 0.358. The van der Waals surface area contributed by atoms with E-state index in [0.717, 1.165) is 0 Å². The second kappa shape index (κ2) is 5.26. The Hall–Kier alpha value is 0.570. The van der Waals surface area contributed by atoms with Crippen LogP contribution < -0.4 is 0 Å². The average Bonchev–Trinajstić information content (AvgIpc) is 2.03. The van der Waals surface area contributed by atoms with E-state index >= 15 is 0 Å². The lowest BCUT2D eigenvalue weighted by Gasteiger charge is -2.02. The molecule has 4 heteroatoms. The summed E-state index contributed by atoms with van der Waals surface area (Å²) < 4.78 is 5.33. The van der Waals surface area contributed by atoms with Gasteiger partial charge < -0.3 is 4.52 Å². The summed E-state index contributed by atoms with van der Waals surface area (Å²) in [4.78, 5) is 0. The van der Waals surface area contributed by atoms with E-state index in [0.29, 0.717) is 6.61 Å². The maximum absolute atomic E-state index is 5.33. The maximum Gasteiger partial charge on any atom is 0.171 e. The van der Waals surface area contributed by atoms with Crippen LogP contribution in [0.2, 0.25) is 0 Å². The number of rotatable bonds is 3. The minimum absolute atomic E-state index is 0.599. The van der Waals surface area contributed by atoms with Crippen molar-refractivity contribution >= 4 is 36.5 Å². The molecule has 1 rings (SSSR count). The fraction of sp³-hybridized carbons (Fsp3) is 0.143. The van der Waals surface area contributed by atoms with Gasteiger partial charge in [-0.05, 0) is 36.5 Å². The van der Waals surface area contributed by atoms with Crippen LogP contribution in [0, 0.1) is 0 Å². The second-order valence-corrected chi connectivity index (χ2v) is 9.34. The summed E-state index contributed by atoms with van der Waals surface area (Å²) >= 11 is 6.58. The van der Waals surface area contributed by atoms with E-state index < -0.39 is 5.55 Å². The molecule has 0 radical (unpaired) electrons. The number of halogens is 2. The molecule has 0 heterocycles. The van der Waals surface area contributed by atoms with Gasteiger partial charge in [0.25, 0.3) is 0 Å². The van der Waals surface area contributed by atoms with Gasteiger partial charge in [-0.25, -0.2) is 0 Å². The Bertz CT molecular complexity index is 203. The van der Waals surface area contributed by atoms with Gasteiger partial charge in [0.1, 0.15) is 0 Å². The lowest BCUT2D eigenvalue weighted by atomic mass is 10.2. The molecule has 0 atom stereocenters. The molecule has 1 nitrogen and oxygen atoms in total. The quantitative estimate of drug-likeness (QED) is 0.759. The summed E-state index contributed by atoms with van der Waals surface area (Å²) in [6, 6.07) is 10.1. The molecule has 1 aromatic carbocycles. The van der Waals surface area contributed by atoms with Crippen LogP contribution in [-0.2, 0) is 11.1 Å². The van der Waals surface area contributed by atoms with E-state index in [1.807, 2.05) is 30.3 Å². The lowest BCUT2D eigenvalue weighted by Crippen LogP contribution is -1.82. The van der Waals surface area contributed by atoms with Crippen molar-refractivity contribution in [2.75, 3.05) is 0 Å². The molecular weight excluding hydrogens is 291 g/mol. The highest BCUT2D eigenvalue weighted by atomic mass is 79.9. The molecule has 60 valence electrons. The van der Waals surface area contributed by atoms with E-state index in [9.17, 15) is 0 Å². The molecule has 0 bridgehead atoms. The SMILES string of the molecule is BrP(Br)OCc1ccccc1. The number of hydrogen-bond acceptors (Lipinski definition) is 1. The Morgan fingerprint density at radius 2 is 1.82 bits per heavy atom. The summed E-state index contributed by atoms with van der Waals surface area (Å²) in [6.07, 6.45) is 0. The summed E-state index contributed by atoms with van der Waals surface area (Å²) in [5.74, 6) is 0. The first-order valence-corrected chi connectivity index (χ1v) is 8.37. The maximum atomic E-state index is 5.33. The Balaban J connectivity index is 2.39. The fourth-order valence-electron chi connectivity index (χ4n) is 0.698.